The average molecular weight is 462 g/mol. The molecule has 2 fully saturated rings. The van der Waals surface area contributed by atoms with Crippen molar-refractivity contribution in [2.24, 2.45) is 18.4 Å². The Bertz CT molecular complexity index is 969. The number of aromatic nitrogens is 2. The molecule has 1 aromatic heterocycles. The molecule has 2 aliphatic rings. The van der Waals surface area contributed by atoms with Crippen molar-refractivity contribution in [1.29, 1.82) is 0 Å². The summed E-state index contributed by atoms with van der Waals surface area (Å²) in [5.74, 6) is -1.26. The predicted octanol–water partition coefficient (Wildman–Crippen LogP) is 2.43. The standard InChI is InChI=1S/C23H35N5O5/c1-13-18(14(2)27(7)26-13)24-19(30)15(3)33-17(29)12-28-20(31)23(25-21(28)32)10-8-16(9-11-23)22(4,5)6/h15-16H,8-12H2,1-7H3,(H,24,30)(H,25,32). The van der Waals surface area contributed by atoms with E-state index in [4.69, 9.17) is 4.74 Å². The summed E-state index contributed by atoms with van der Waals surface area (Å²) in [5, 5.41) is 9.76. The van der Waals surface area contributed by atoms with Crippen LogP contribution in [0.3, 0.4) is 0 Å². The van der Waals surface area contributed by atoms with Crippen molar-refractivity contribution in [3.63, 3.8) is 0 Å². The van der Waals surface area contributed by atoms with Gasteiger partial charge in [-0.1, -0.05) is 20.8 Å². The Balaban J connectivity index is 1.57. The van der Waals surface area contributed by atoms with Crippen LogP contribution in [0.25, 0.3) is 0 Å². The Kier molecular flexibility index (Phi) is 6.59. The highest BCUT2D eigenvalue weighted by Gasteiger charge is 2.53. The van der Waals surface area contributed by atoms with Crippen LogP contribution < -0.4 is 10.6 Å². The number of carbonyl (C=O) groups is 4. The van der Waals surface area contributed by atoms with Gasteiger partial charge in [-0.3, -0.25) is 24.0 Å². The Morgan fingerprint density at radius 1 is 1.24 bits per heavy atom. The number of aryl methyl sites for hydroxylation is 2. The van der Waals surface area contributed by atoms with E-state index in [1.54, 1.807) is 18.7 Å². The highest BCUT2D eigenvalue weighted by atomic mass is 16.5. The van der Waals surface area contributed by atoms with Crippen LogP contribution in [0, 0.1) is 25.2 Å². The van der Waals surface area contributed by atoms with E-state index in [2.05, 4.69) is 36.5 Å². The molecular weight excluding hydrogens is 426 g/mol. The average Bonchev–Trinajstić information content (AvgIpc) is 3.08. The van der Waals surface area contributed by atoms with E-state index in [0.717, 1.165) is 23.4 Å². The molecule has 182 valence electrons. The Labute approximate surface area is 194 Å². The Morgan fingerprint density at radius 3 is 2.36 bits per heavy atom. The van der Waals surface area contributed by atoms with Gasteiger partial charge in [-0.05, 0) is 57.8 Å². The number of urea groups is 1. The fourth-order valence-corrected chi connectivity index (χ4v) is 4.73. The SMILES string of the molecule is Cc1nn(C)c(C)c1NC(=O)C(C)OC(=O)CN1C(=O)NC2(CCC(C(C)(C)C)CC2)C1=O. The van der Waals surface area contributed by atoms with Gasteiger partial charge in [0.25, 0.3) is 11.8 Å². The number of nitrogens with zero attached hydrogens (tertiary/aromatic N) is 3. The number of hydrogen-bond donors (Lipinski definition) is 2. The first-order valence-electron chi connectivity index (χ1n) is 11.4. The second-order valence-electron chi connectivity index (χ2n) is 10.3. The van der Waals surface area contributed by atoms with Gasteiger partial charge >= 0.3 is 12.0 Å². The van der Waals surface area contributed by atoms with Gasteiger partial charge < -0.3 is 15.4 Å². The van der Waals surface area contributed by atoms with Gasteiger partial charge in [0.2, 0.25) is 0 Å². The molecule has 1 atom stereocenters. The van der Waals surface area contributed by atoms with Crippen molar-refractivity contribution in [1.82, 2.24) is 20.0 Å². The van der Waals surface area contributed by atoms with Crippen molar-refractivity contribution in [3.05, 3.63) is 11.4 Å². The molecule has 2 heterocycles. The van der Waals surface area contributed by atoms with Crippen molar-refractivity contribution in [2.75, 3.05) is 11.9 Å². The first kappa shape index (κ1) is 24.7. The molecule has 1 aliphatic heterocycles. The first-order valence-corrected chi connectivity index (χ1v) is 11.4. The largest absolute Gasteiger partial charge is 0.451 e. The quantitative estimate of drug-likeness (QED) is 0.513. The first-order chi connectivity index (χ1) is 15.2. The van der Waals surface area contributed by atoms with E-state index in [1.807, 2.05) is 6.92 Å². The second-order valence-corrected chi connectivity index (χ2v) is 10.3. The summed E-state index contributed by atoms with van der Waals surface area (Å²) in [6, 6.07) is -0.593. The molecule has 0 radical (unpaired) electrons. The van der Waals surface area contributed by atoms with Gasteiger partial charge in [-0.15, -0.1) is 0 Å². The van der Waals surface area contributed by atoms with Gasteiger partial charge in [-0.25, -0.2) is 4.79 Å². The fraction of sp³-hybridized carbons (Fsp3) is 0.696. The Morgan fingerprint density at radius 2 is 1.85 bits per heavy atom. The molecule has 10 heteroatoms. The number of ether oxygens (including phenoxy) is 1. The number of hydrogen-bond acceptors (Lipinski definition) is 6. The van der Waals surface area contributed by atoms with Gasteiger partial charge in [0, 0.05) is 7.05 Å². The van der Waals surface area contributed by atoms with Crippen LogP contribution in [0.4, 0.5) is 10.5 Å². The van der Waals surface area contributed by atoms with E-state index in [0.29, 0.717) is 30.1 Å². The number of amides is 4. The molecular formula is C23H35N5O5. The molecule has 0 bridgehead atoms. The minimum Gasteiger partial charge on any atom is -0.451 e. The van der Waals surface area contributed by atoms with E-state index >= 15 is 0 Å². The maximum Gasteiger partial charge on any atom is 0.327 e. The summed E-state index contributed by atoms with van der Waals surface area (Å²) in [6.07, 6.45) is 1.66. The third-order valence-electron chi connectivity index (χ3n) is 7.03. The van der Waals surface area contributed by atoms with Crippen LogP contribution in [-0.2, 0) is 26.2 Å². The van der Waals surface area contributed by atoms with Crippen LogP contribution >= 0.6 is 0 Å². The summed E-state index contributed by atoms with van der Waals surface area (Å²) < 4.78 is 6.86. The molecule has 1 unspecified atom stereocenters. The lowest BCUT2D eigenvalue weighted by Gasteiger charge is -2.40. The maximum absolute atomic E-state index is 13.1. The molecule has 1 aromatic rings. The lowest BCUT2D eigenvalue weighted by molar-refractivity contribution is -0.155. The minimum absolute atomic E-state index is 0.139. The molecule has 1 aliphatic carbocycles. The van der Waals surface area contributed by atoms with Crippen molar-refractivity contribution in [2.45, 2.75) is 78.9 Å². The van der Waals surface area contributed by atoms with Crippen molar-refractivity contribution < 1.29 is 23.9 Å². The zero-order valence-electron chi connectivity index (χ0n) is 20.6. The van der Waals surface area contributed by atoms with Crippen LogP contribution in [0.5, 0.6) is 0 Å². The topological polar surface area (TPSA) is 123 Å². The van der Waals surface area contributed by atoms with E-state index in [1.165, 1.54) is 6.92 Å². The highest BCUT2D eigenvalue weighted by molar-refractivity contribution is 6.09. The zero-order valence-corrected chi connectivity index (χ0v) is 20.6. The van der Waals surface area contributed by atoms with Crippen molar-refractivity contribution >= 4 is 29.5 Å². The minimum atomic E-state index is -1.10. The molecule has 4 amide bonds. The molecule has 2 N–H and O–H groups in total. The van der Waals surface area contributed by atoms with Crippen LogP contribution in [0.2, 0.25) is 0 Å². The van der Waals surface area contributed by atoms with E-state index in [9.17, 15) is 19.2 Å². The Hall–Kier alpha value is -2.91. The third kappa shape index (κ3) is 4.89. The lowest BCUT2D eigenvalue weighted by atomic mass is 9.67. The summed E-state index contributed by atoms with van der Waals surface area (Å²) in [5.41, 5.74) is 1.17. The van der Waals surface area contributed by atoms with Crippen LogP contribution in [0.1, 0.15) is 64.8 Å². The smallest absolute Gasteiger partial charge is 0.327 e. The van der Waals surface area contributed by atoms with Gasteiger partial charge in [0.15, 0.2) is 6.10 Å². The normalized spacial score (nSPS) is 24.1. The molecule has 10 nitrogen and oxygen atoms in total. The van der Waals surface area contributed by atoms with Crippen molar-refractivity contribution in [3.8, 4) is 0 Å². The van der Waals surface area contributed by atoms with Gasteiger partial charge in [-0.2, -0.15) is 5.10 Å². The molecule has 1 saturated heterocycles. The van der Waals surface area contributed by atoms with Gasteiger partial charge in [0.1, 0.15) is 12.1 Å². The summed E-state index contributed by atoms with van der Waals surface area (Å²) in [6.45, 7) is 11.0. The third-order valence-corrected chi connectivity index (χ3v) is 7.03. The van der Waals surface area contributed by atoms with Gasteiger partial charge in [0.05, 0.1) is 17.1 Å². The number of nitrogens with one attached hydrogen (secondary N) is 2. The molecule has 33 heavy (non-hydrogen) atoms. The van der Waals surface area contributed by atoms with Crippen LogP contribution in [0.15, 0.2) is 0 Å². The highest BCUT2D eigenvalue weighted by Crippen LogP contribution is 2.43. The summed E-state index contributed by atoms with van der Waals surface area (Å²) in [7, 11) is 1.77. The maximum atomic E-state index is 13.1. The zero-order chi connectivity index (χ0) is 24.7. The van der Waals surface area contributed by atoms with E-state index in [-0.39, 0.29) is 5.41 Å². The number of esters is 1. The molecule has 1 saturated carbocycles. The fourth-order valence-electron chi connectivity index (χ4n) is 4.73. The van der Waals surface area contributed by atoms with E-state index < -0.39 is 42.0 Å². The second kappa shape index (κ2) is 8.79. The summed E-state index contributed by atoms with van der Waals surface area (Å²) in [4.78, 5) is 51.4. The summed E-state index contributed by atoms with van der Waals surface area (Å²) >= 11 is 0. The molecule has 1 spiro atoms. The number of anilines is 1. The van der Waals surface area contributed by atoms with Crippen LogP contribution in [-0.4, -0.2) is 56.7 Å². The molecule has 0 aromatic carbocycles. The predicted molar refractivity (Wildman–Crippen MR) is 121 cm³/mol. The molecule has 3 rings (SSSR count). The number of rotatable bonds is 5. The number of imide groups is 1. The monoisotopic (exact) mass is 461 g/mol. The number of carbonyl (C=O) groups excluding carboxylic acids is 4. The lowest BCUT2D eigenvalue weighted by Crippen LogP contribution is -2.50.